The van der Waals surface area contributed by atoms with Crippen LogP contribution in [0.5, 0.6) is 0 Å². The van der Waals surface area contributed by atoms with E-state index in [1.54, 1.807) is 0 Å². The van der Waals surface area contributed by atoms with Gasteiger partial charge in [-0.25, -0.2) is 0 Å². The number of aliphatic carboxylic acids is 1. The molecule has 0 heterocycles. The van der Waals surface area contributed by atoms with Gasteiger partial charge in [0.25, 0.3) is 5.97 Å². The Morgan fingerprint density at radius 3 is 1.27 bits per heavy atom. The molecule has 0 spiro atoms. The molecule has 0 aromatic rings. The monoisotopic (exact) mass is 384 g/mol. The van der Waals surface area contributed by atoms with Gasteiger partial charge in [-0.1, -0.05) is 0 Å². The van der Waals surface area contributed by atoms with Crippen molar-refractivity contribution in [3.63, 3.8) is 0 Å². The molecule has 0 aliphatic carbocycles. The summed E-state index contributed by atoms with van der Waals surface area (Å²) in [6.07, 6.45) is 0. The summed E-state index contributed by atoms with van der Waals surface area (Å²) in [5, 5.41) is 7.42. The zero-order valence-electron chi connectivity index (χ0n) is 5.70. The second-order valence-electron chi connectivity index (χ2n) is 1.02. The van der Waals surface area contributed by atoms with Crippen molar-refractivity contribution < 1.29 is 29.1 Å². The maximum Gasteiger partial charge on any atom is 2.00 e. The summed E-state index contributed by atoms with van der Waals surface area (Å²) in [6.45, 7) is 1.08. The van der Waals surface area contributed by atoms with Gasteiger partial charge in [0, 0.05) is 6.92 Å². The summed E-state index contributed by atoms with van der Waals surface area (Å²) in [5.41, 5.74) is 0. The normalized spacial score (nSPS) is 7.73. The van der Waals surface area contributed by atoms with Gasteiger partial charge < -0.3 is 33.3 Å². The van der Waals surface area contributed by atoms with Gasteiger partial charge in [-0.15, -0.1) is 0 Å². The minimum Gasteiger partial charge on any atom is -0.894 e. The Bertz CT molecular complexity index is 83.1. The maximum absolute atomic E-state index is 9.00. The third kappa shape index (κ3) is 645. The quantitative estimate of drug-likeness (QED) is 0.415. The van der Waals surface area contributed by atoms with Crippen LogP contribution >= 0.6 is 0 Å². The van der Waals surface area contributed by atoms with Crippen molar-refractivity contribution in [2.24, 2.45) is 0 Å². The van der Waals surface area contributed by atoms with E-state index in [9.17, 15) is 0 Å². The molecule has 0 rings (SSSR count). The molecule has 0 saturated carbocycles. The van der Waals surface area contributed by atoms with E-state index < -0.39 is 15.0 Å². The number of hydrogen-bond acceptors (Lipinski definition) is 5. The SMILES string of the molecule is CC(=O)O.[Mg+2].[O-][Si]([O-])([O-])[O-].[Pb+2]. The van der Waals surface area contributed by atoms with Crippen LogP contribution in [0.2, 0.25) is 0 Å². The Morgan fingerprint density at radius 1 is 1.27 bits per heavy atom. The molecular formula is C2H4MgO6PbSi. The molecule has 0 unspecified atom stereocenters. The smallest absolute Gasteiger partial charge is 0.894 e. The molecule has 0 aliphatic heterocycles. The molecule has 0 atom stereocenters. The molecule has 0 saturated heterocycles. The Morgan fingerprint density at radius 2 is 1.27 bits per heavy atom. The van der Waals surface area contributed by atoms with Crippen LogP contribution in [-0.2, 0) is 4.79 Å². The molecule has 9 heteroatoms. The number of carboxylic acids is 1. The van der Waals surface area contributed by atoms with Gasteiger partial charge in [-0.3, -0.25) is 4.79 Å². The Labute approximate surface area is 101 Å². The zero-order chi connectivity index (χ0) is 8.08. The molecule has 11 heavy (non-hydrogen) atoms. The van der Waals surface area contributed by atoms with Crippen molar-refractivity contribution in [1.29, 1.82) is 0 Å². The number of carboxylic acid groups (broad SMARTS) is 1. The first kappa shape index (κ1) is 22.8. The van der Waals surface area contributed by atoms with Gasteiger partial charge >= 0.3 is 50.4 Å². The third-order valence-corrected chi connectivity index (χ3v) is 0. The summed E-state index contributed by atoms with van der Waals surface area (Å²) in [5.74, 6) is -0.833. The average molecular weight is 384 g/mol. The zero-order valence-corrected chi connectivity index (χ0v) is 12.0. The number of rotatable bonds is 0. The Hall–Kier alpha value is 1.22. The second-order valence-corrected chi connectivity index (χ2v) is 2.02. The van der Waals surface area contributed by atoms with Crippen molar-refractivity contribution in [2.75, 3.05) is 0 Å². The molecule has 0 aromatic carbocycles. The minimum absolute atomic E-state index is 0. The first-order chi connectivity index (χ1) is 3.73. The average Bonchev–Trinajstić information content (AvgIpc) is 1.19. The molecule has 0 amide bonds. The maximum atomic E-state index is 9.00. The van der Waals surface area contributed by atoms with E-state index >= 15 is 0 Å². The fraction of sp³-hybridized carbons (Fsp3) is 0.500. The first-order valence-corrected chi connectivity index (χ1v) is 3.38. The van der Waals surface area contributed by atoms with Crippen molar-refractivity contribution in [3.05, 3.63) is 0 Å². The molecule has 0 fully saturated rings. The summed E-state index contributed by atoms with van der Waals surface area (Å²) < 4.78 is 0. The van der Waals surface area contributed by atoms with Crippen molar-refractivity contribution in [1.82, 2.24) is 0 Å². The molecular weight excluding hydrogens is 380 g/mol. The number of carbonyl (C=O) groups is 1. The molecule has 2 radical (unpaired) electrons. The van der Waals surface area contributed by atoms with Gasteiger partial charge in [0.15, 0.2) is 0 Å². The van der Waals surface area contributed by atoms with Crippen LogP contribution in [0.3, 0.4) is 0 Å². The molecule has 0 aliphatic rings. The van der Waals surface area contributed by atoms with E-state index in [2.05, 4.69) is 0 Å². The minimum atomic E-state index is -5.61. The van der Waals surface area contributed by atoms with E-state index in [4.69, 9.17) is 29.1 Å². The summed E-state index contributed by atoms with van der Waals surface area (Å²) in [7, 11) is -5.61. The Balaban J connectivity index is -0.0000000383. The van der Waals surface area contributed by atoms with E-state index in [0.717, 1.165) is 6.92 Å². The van der Waals surface area contributed by atoms with Crippen molar-refractivity contribution in [2.45, 2.75) is 6.92 Å². The molecule has 0 aromatic heterocycles. The van der Waals surface area contributed by atoms with E-state index in [1.807, 2.05) is 0 Å². The van der Waals surface area contributed by atoms with E-state index in [1.165, 1.54) is 0 Å². The van der Waals surface area contributed by atoms with Crippen molar-refractivity contribution >= 4 is 65.4 Å². The van der Waals surface area contributed by atoms with E-state index in [-0.39, 0.29) is 50.4 Å². The summed E-state index contributed by atoms with van der Waals surface area (Å²) in [4.78, 5) is 43.3. The van der Waals surface area contributed by atoms with Crippen LogP contribution in [-0.4, -0.2) is 70.5 Å². The van der Waals surface area contributed by atoms with Gasteiger partial charge in [0.05, 0.1) is 0 Å². The number of hydrogen-bond donors (Lipinski definition) is 1. The predicted molar refractivity (Wildman–Crippen MR) is 30.6 cm³/mol. The summed E-state index contributed by atoms with van der Waals surface area (Å²) in [6, 6.07) is 0. The fourth-order valence-corrected chi connectivity index (χ4v) is 0. The van der Waals surface area contributed by atoms with Gasteiger partial charge in [-0.05, 0) is 0 Å². The largest absolute Gasteiger partial charge is 2.00 e. The van der Waals surface area contributed by atoms with Gasteiger partial charge in [0.2, 0.25) is 0 Å². The summed E-state index contributed by atoms with van der Waals surface area (Å²) >= 11 is 0. The third-order valence-electron chi connectivity index (χ3n) is 0. The van der Waals surface area contributed by atoms with Gasteiger partial charge in [0.1, 0.15) is 0 Å². The second kappa shape index (κ2) is 11.2. The first-order valence-electron chi connectivity index (χ1n) is 1.74. The Kier molecular flexibility index (Phi) is 23.2. The van der Waals surface area contributed by atoms with Gasteiger partial charge in [-0.2, -0.15) is 0 Å². The van der Waals surface area contributed by atoms with Crippen LogP contribution in [0.15, 0.2) is 0 Å². The van der Waals surface area contributed by atoms with Crippen LogP contribution in [0.25, 0.3) is 0 Å². The topological polar surface area (TPSA) is 130 Å². The fourth-order valence-electron chi connectivity index (χ4n) is 0. The molecule has 0 bridgehead atoms. The molecule has 1 N–H and O–H groups in total. The van der Waals surface area contributed by atoms with Crippen LogP contribution in [0.4, 0.5) is 0 Å². The van der Waals surface area contributed by atoms with Crippen molar-refractivity contribution in [3.8, 4) is 0 Å². The van der Waals surface area contributed by atoms with E-state index in [0.29, 0.717) is 0 Å². The molecule has 58 valence electrons. The predicted octanol–water partition coefficient (Wildman–Crippen LogP) is -5.81. The van der Waals surface area contributed by atoms with Crippen LogP contribution in [0.1, 0.15) is 6.92 Å². The van der Waals surface area contributed by atoms with Crippen LogP contribution in [0, 0.1) is 0 Å². The van der Waals surface area contributed by atoms with Crippen LogP contribution < -0.4 is 19.2 Å². The standard InChI is InChI=1S/C2H4O2.Mg.O4Si.Pb/c1-2(3)4;;1-5(2,3)4;/h1H3,(H,3,4);;;/q;+2;-4;+2. The molecule has 6 nitrogen and oxygen atoms in total.